The van der Waals surface area contributed by atoms with Crippen LogP contribution < -0.4 is 5.32 Å². The molecule has 0 bridgehead atoms. The van der Waals surface area contributed by atoms with Crippen LogP contribution in [0.2, 0.25) is 0 Å². The van der Waals surface area contributed by atoms with Crippen LogP contribution in [0.15, 0.2) is 36.7 Å². The van der Waals surface area contributed by atoms with Crippen LogP contribution in [-0.2, 0) is 0 Å². The average Bonchev–Trinajstić information content (AvgIpc) is 3.37. The van der Waals surface area contributed by atoms with E-state index in [0.29, 0.717) is 0 Å². The lowest BCUT2D eigenvalue weighted by Gasteiger charge is -2.33. The minimum absolute atomic E-state index is 0.719. The Kier molecular flexibility index (Phi) is 3.64. The number of fused-ring (bicyclic) bond motifs is 1. The molecule has 2 fully saturated rings. The lowest BCUT2D eigenvalue weighted by atomic mass is 9.74. The molecule has 2 atom stereocenters. The Morgan fingerprint density at radius 2 is 1.95 bits per heavy atom. The van der Waals surface area contributed by atoms with E-state index in [4.69, 9.17) is 0 Å². The summed E-state index contributed by atoms with van der Waals surface area (Å²) >= 11 is 0. The minimum Gasteiger partial charge on any atom is -0.314 e. The fourth-order valence-electron chi connectivity index (χ4n) is 3.94. The molecule has 1 aromatic carbocycles. The molecule has 0 spiro atoms. The van der Waals surface area contributed by atoms with E-state index in [-0.39, 0.29) is 0 Å². The summed E-state index contributed by atoms with van der Waals surface area (Å²) in [5, 5.41) is 6.46. The number of aromatic nitrogens is 1. The van der Waals surface area contributed by atoms with Gasteiger partial charge in [-0.3, -0.25) is 4.98 Å². The summed E-state index contributed by atoms with van der Waals surface area (Å²) in [6, 6.07) is 9.77. The van der Waals surface area contributed by atoms with Crippen LogP contribution in [0.3, 0.4) is 0 Å². The molecule has 0 radical (unpaired) electrons. The first-order valence-electron chi connectivity index (χ1n) is 8.48. The van der Waals surface area contributed by atoms with Crippen molar-refractivity contribution in [3.63, 3.8) is 0 Å². The van der Waals surface area contributed by atoms with Gasteiger partial charge in [0.1, 0.15) is 0 Å². The van der Waals surface area contributed by atoms with Crippen LogP contribution in [-0.4, -0.2) is 17.6 Å². The van der Waals surface area contributed by atoms with Gasteiger partial charge in [0.05, 0.1) is 0 Å². The van der Waals surface area contributed by atoms with Crippen molar-refractivity contribution in [2.75, 3.05) is 6.54 Å². The molecule has 2 aromatic rings. The van der Waals surface area contributed by atoms with Crippen LogP contribution in [0, 0.1) is 5.92 Å². The molecule has 2 unspecified atom stereocenters. The Bertz CT molecular complexity index is 612. The van der Waals surface area contributed by atoms with E-state index in [9.17, 15) is 0 Å². The maximum atomic E-state index is 4.27. The van der Waals surface area contributed by atoms with Crippen LogP contribution in [0.4, 0.5) is 0 Å². The number of hydrogen-bond donors (Lipinski definition) is 1. The molecule has 2 aliphatic rings. The molecule has 0 aliphatic heterocycles. The third-order valence-electron chi connectivity index (χ3n) is 5.27. The molecular formula is C19H24N2. The lowest BCUT2D eigenvalue weighted by Crippen LogP contribution is -2.30. The predicted octanol–water partition coefficient (Wildman–Crippen LogP) is 4.26. The fraction of sp³-hybridized carbons (Fsp3) is 0.526. The Morgan fingerprint density at radius 1 is 1.05 bits per heavy atom. The number of pyridine rings is 1. The molecule has 1 N–H and O–H groups in total. The summed E-state index contributed by atoms with van der Waals surface area (Å²) in [6.07, 6.45) is 12.2. The second-order valence-corrected chi connectivity index (χ2v) is 6.78. The first-order valence-corrected chi connectivity index (χ1v) is 8.48. The molecule has 1 aromatic heterocycles. The summed E-state index contributed by atoms with van der Waals surface area (Å²) in [4.78, 5) is 4.27. The third kappa shape index (κ3) is 2.82. The van der Waals surface area contributed by atoms with Crippen molar-refractivity contribution in [1.29, 1.82) is 0 Å². The summed E-state index contributed by atoms with van der Waals surface area (Å²) in [6.45, 7) is 1.21. The van der Waals surface area contributed by atoms with Gasteiger partial charge in [-0.2, -0.15) is 0 Å². The Hall–Kier alpha value is -1.41. The van der Waals surface area contributed by atoms with Crippen molar-refractivity contribution in [2.45, 2.75) is 50.5 Å². The van der Waals surface area contributed by atoms with Gasteiger partial charge in [-0.1, -0.05) is 31.0 Å². The summed E-state index contributed by atoms with van der Waals surface area (Å²) < 4.78 is 0. The zero-order valence-electron chi connectivity index (χ0n) is 12.6. The summed E-state index contributed by atoms with van der Waals surface area (Å²) in [7, 11) is 0. The number of benzene rings is 1. The van der Waals surface area contributed by atoms with Crippen LogP contribution in [0.5, 0.6) is 0 Å². The van der Waals surface area contributed by atoms with Gasteiger partial charge in [-0.15, -0.1) is 0 Å². The van der Waals surface area contributed by atoms with E-state index in [0.717, 1.165) is 17.9 Å². The Morgan fingerprint density at radius 3 is 2.86 bits per heavy atom. The maximum absolute atomic E-state index is 4.27. The van der Waals surface area contributed by atoms with Gasteiger partial charge in [0, 0.05) is 23.8 Å². The highest BCUT2D eigenvalue weighted by Gasteiger charge is 2.29. The normalized spacial score (nSPS) is 26.1. The second-order valence-electron chi connectivity index (χ2n) is 6.78. The van der Waals surface area contributed by atoms with E-state index in [2.05, 4.69) is 34.6 Å². The molecule has 2 saturated carbocycles. The molecule has 2 nitrogen and oxygen atoms in total. The number of nitrogens with one attached hydrogen (secondary N) is 1. The third-order valence-corrected chi connectivity index (χ3v) is 5.27. The standard InChI is InChI=1S/C19H24N2/c1-2-6-17(15(4-1)13-21-16-8-9-16)19-7-3-5-14-12-20-11-10-18(14)19/h3,5,7,10-12,15-17,21H,1-2,4,6,8-9,13H2. The van der Waals surface area contributed by atoms with Crippen molar-refractivity contribution >= 4 is 10.8 Å². The quantitative estimate of drug-likeness (QED) is 0.905. The molecule has 110 valence electrons. The molecule has 0 amide bonds. The van der Waals surface area contributed by atoms with Gasteiger partial charge >= 0.3 is 0 Å². The average molecular weight is 280 g/mol. The van der Waals surface area contributed by atoms with Crippen LogP contribution in [0.1, 0.15) is 50.0 Å². The smallest absolute Gasteiger partial charge is 0.0346 e. The molecule has 21 heavy (non-hydrogen) atoms. The number of rotatable bonds is 4. The molecule has 2 aliphatic carbocycles. The molecule has 2 heteroatoms. The number of hydrogen-bond acceptors (Lipinski definition) is 2. The SMILES string of the molecule is c1cc(C2CCCCC2CNC2CC2)c2ccncc2c1. The topological polar surface area (TPSA) is 24.9 Å². The van der Waals surface area contributed by atoms with Gasteiger partial charge in [0.15, 0.2) is 0 Å². The van der Waals surface area contributed by atoms with Gasteiger partial charge in [-0.25, -0.2) is 0 Å². The monoisotopic (exact) mass is 280 g/mol. The van der Waals surface area contributed by atoms with E-state index in [1.165, 1.54) is 55.8 Å². The van der Waals surface area contributed by atoms with Gasteiger partial charge in [0.2, 0.25) is 0 Å². The fourth-order valence-corrected chi connectivity index (χ4v) is 3.94. The van der Waals surface area contributed by atoms with Crippen LogP contribution >= 0.6 is 0 Å². The molecule has 0 saturated heterocycles. The largest absolute Gasteiger partial charge is 0.314 e. The lowest BCUT2D eigenvalue weighted by molar-refractivity contribution is 0.296. The second kappa shape index (κ2) is 5.76. The highest BCUT2D eigenvalue weighted by molar-refractivity contribution is 5.85. The Labute approximate surface area is 127 Å². The maximum Gasteiger partial charge on any atom is 0.0346 e. The van der Waals surface area contributed by atoms with E-state index in [1.807, 2.05) is 12.4 Å². The van der Waals surface area contributed by atoms with Gasteiger partial charge < -0.3 is 5.32 Å². The van der Waals surface area contributed by atoms with Crippen molar-refractivity contribution in [3.8, 4) is 0 Å². The first kappa shape index (κ1) is 13.3. The summed E-state index contributed by atoms with van der Waals surface area (Å²) in [5.41, 5.74) is 1.55. The highest BCUT2D eigenvalue weighted by Crippen LogP contribution is 2.40. The van der Waals surface area contributed by atoms with Crippen molar-refractivity contribution < 1.29 is 0 Å². The predicted molar refractivity (Wildman–Crippen MR) is 87.5 cm³/mol. The molecule has 4 rings (SSSR count). The van der Waals surface area contributed by atoms with Gasteiger partial charge in [0.25, 0.3) is 0 Å². The van der Waals surface area contributed by atoms with Crippen molar-refractivity contribution in [2.24, 2.45) is 5.92 Å². The van der Waals surface area contributed by atoms with Crippen LogP contribution in [0.25, 0.3) is 10.8 Å². The van der Waals surface area contributed by atoms with E-state index in [1.54, 1.807) is 5.56 Å². The van der Waals surface area contributed by atoms with E-state index >= 15 is 0 Å². The number of nitrogens with zero attached hydrogens (tertiary/aromatic N) is 1. The Balaban J connectivity index is 1.63. The zero-order valence-corrected chi connectivity index (χ0v) is 12.6. The molecule has 1 heterocycles. The van der Waals surface area contributed by atoms with Crippen molar-refractivity contribution in [1.82, 2.24) is 10.3 Å². The minimum atomic E-state index is 0.719. The first-order chi connectivity index (χ1) is 10.4. The van der Waals surface area contributed by atoms with Gasteiger partial charge in [-0.05, 0) is 61.1 Å². The zero-order chi connectivity index (χ0) is 14.1. The summed E-state index contributed by atoms with van der Waals surface area (Å²) in [5.74, 6) is 1.52. The molecular weight excluding hydrogens is 256 g/mol. The van der Waals surface area contributed by atoms with Crippen molar-refractivity contribution in [3.05, 3.63) is 42.2 Å². The van der Waals surface area contributed by atoms with E-state index < -0.39 is 0 Å². The highest BCUT2D eigenvalue weighted by atomic mass is 14.9.